The van der Waals surface area contributed by atoms with E-state index in [9.17, 15) is 4.79 Å². The number of para-hydroxylation sites is 1. The number of rotatable bonds is 6. The van der Waals surface area contributed by atoms with Crippen LogP contribution in [-0.2, 0) is 11.3 Å². The third-order valence-corrected chi connectivity index (χ3v) is 5.01. The van der Waals surface area contributed by atoms with Gasteiger partial charge in [0.2, 0.25) is 0 Å². The fourth-order valence-corrected chi connectivity index (χ4v) is 3.19. The molecule has 0 saturated heterocycles. The van der Waals surface area contributed by atoms with Crippen LogP contribution in [0.25, 0.3) is 5.69 Å². The van der Waals surface area contributed by atoms with Crippen molar-refractivity contribution in [3.05, 3.63) is 76.1 Å². The molecule has 0 spiro atoms. The monoisotopic (exact) mass is 397 g/mol. The van der Waals surface area contributed by atoms with E-state index in [2.05, 4.69) is 5.10 Å². The highest BCUT2D eigenvalue weighted by molar-refractivity contribution is 6.32. The molecule has 0 aliphatic heterocycles. The molecular weight excluding hydrogens is 374 g/mol. The molecule has 0 atom stereocenters. The Labute approximate surface area is 170 Å². The van der Waals surface area contributed by atoms with Crippen LogP contribution in [0.5, 0.6) is 5.75 Å². The predicted molar refractivity (Wildman–Crippen MR) is 111 cm³/mol. The summed E-state index contributed by atoms with van der Waals surface area (Å²) in [5.41, 5.74) is 4.99. The number of aromatic nitrogens is 2. The minimum atomic E-state index is -0.121. The van der Waals surface area contributed by atoms with Crippen LogP contribution >= 0.6 is 11.6 Å². The Morgan fingerprint density at radius 3 is 2.57 bits per heavy atom. The van der Waals surface area contributed by atoms with Gasteiger partial charge >= 0.3 is 0 Å². The molecule has 0 fully saturated rings. The number of nitrogens with zero attached hydrogens (tertiary/aromatic N) is 3. The molecule has 1 heterocycles. The maximum Gasteiger partial charge on any atom is 0.260 e. The van der Waals surface area contributed by atoms with E-state index in [0.29, 0.717) is 17.3 Å². The largest absolute Gasteiger partial charge is 0.482 e. The SMILES string of the molecule is Cc1ccc(Cl)c(OCC(=O)N(C)Cc2c(C)nn(-c3ccccc3)c2C)c1. The van der Waals surface area contributed by atoms with E-state index >= 15 is 0 Å². The average Bonchev–Trinajstić information content (AvgIpc) is 2.97. The highest BCUT2D eigenvalue weighted by atomic mass is 35.5. The van der Waals surface area contributed by atoms with E-state index < -0.39 is 0 Å². The summed E-state index contributed by atoms with van der Waals surface area (Å²) >= 11 is 6.13. The van der Waals surface area contributed by atoms with Crippen LogP contribution in [0, 0.1) is 20.8 Å². The number of aryl methyl sites for hydroxylation is 2. The number of hydrogen-bond donors (Lipinski definition) is 0. The van der Waals surface area contributed by atoms with Gasteiger partial charge < -0.3 is 9.64 Å². The minimum absolute atomic E-state index is 0.0649. The lowest BCUT2D eigenvalue weighted by Gasteiger charge is -2.18. The summed E-state index contributed by atoms with van der Waals surface area (Å²) in [4.78, 5) is 14.2. The van der Waals surface area contributed by atoms with Crippen LogP contribution in [-0.4, -0.2) is 34.2 Å². The Kier molecular flexibility index (Phi) is 6.05. The summed E-state index contributed by atoms with van der Waals surface area (Å²) in [7, 11) is 1.77. The van der Waals surface area contributed by atoms with Crippen molar-refractivity contribution in [2.24, 2.45) is 0 Å². The third kappa shape index (κ3) is 4.37. The summed E-state index contributed by atoms with van der Waals surface area (Å²) in [5.74, 6) is 0.400. The fraction of sp³-hybridized carbons (Fsp3) is 0.273. The summed E-state index contributed by atoms with van der Waals surface area (Å²) in [6, 6.07) is 15.5. The summed E-state index contributed by atoms with van der Waals surface area (Å²) in [5, 5.41) is 5.13. The molecule has 0 aliphatic carbocycles. The zero-order chi connectivity index (χ0) is 20.3. The number of likely N-dealkylation sites (N-methyl/N-ethyl adjacent to an activating group) is 1. The second kappa shape index (κ2) is 8.48. The Morgan fingerprint density at radius 2 is 1.86 bits per heavy atom. The third-order valence-electron chi connectivity index (χ3n) is 4.70. The first-order valence-corrected chi connectivity index (χ1v) is 9.48. The molecule has 0 unspecified atom stereocenters. The maximum absolute atomic E-state index is 12.5. The number of carbonyl (C=O) groups is 1. The van der Waals surface area contributed by atoms with Gasteiger partial charge in [-0.05, 0) is 50.6 Å². The second-order valence-corrected chi connectivity index (χ2v) is 7.28. The number of carbonyl (C=O) groups excluding carboxylic acids is 1. The fourth-order valence-electron chi connectivity index (χ4n) is 3.02. The Bertz CT molecular complexity index is 983. The quantitative estimate of drug-likeness (QED) is 0.615. The Hall–Kier alpha value is -2.79. The van der Waals surface area contributed by atoms with Gasteiger partial charge in [-0.2, -0.15) is 5.10 Å². The minimum Gasteiger partial charge on any atom is -0.482 e. The lowest BCUT2D eigenvalue weighted by Crippen LogP contribution is -2.31. The van der Waals surface area contributed by atoms with E-state index in [-0.39, 0.29) is 12.5 Å². The molecule has 3 rings (SSSR count). The lowest BCUT2D eigenvalue weighted by molar-refractivity contribution is -0.132. The van der Waals surface area contributed by atoms with Gasteiger partial charge in [-0.1, -0.05) is 35.9 Å². The van der Waals surface area contributed by atoms with Crippen molar-refractivity contribution in [3.63, 3.8) is 0 Å². The first-order chi connectivity index (χ1) is 13.4. The molecule has 28 heavy (non-hydrogen) atoms. The van der Waals surface area contributed by atoms with Crippen LogP contribution in [0.1, 0.15) is 22.5 Å². The standard InChI is InChI=1S/C22H24ClN3O2/c1-15-10-11-20(23)21(12-15)28-14-22(27)25(4)13-19-16(2)24-26(17(19)3)18-8-6-5-7-9-18/h5-12H,13-14H2,1-4H3. The summed E-state index contributed by atoms with van der Waals surface area (Å²) < 4.78 is 7.54. The topological polar surface area (TPSA) is 47.4 Å². The molecule has 0 aliphatic rings. The van der Waals surface area contributed by atoms with Gasteiger partial charge in [0.15, 0.2) is 6.61 Å². The molecular formula is C22H24ClN3O2. The predicted octanol–water partition coefficient (Wildman–Crippen LogP) is 4.49. The lowest BCUT2D eigenvalue weighted by atomic mass is 10.2. The highest BCUT2D eigenvalue weighted by Gasteiger charge is 2.18. The van der Waals surface area contributed by atoms with Crippen molar-refractivity contribution in [1.29, 1.82) is 0 Å². The number of hydrogen-bond acceptors (Lipinski definition) is 3. The normalized spacial score (nSPS) is 10.8. The van der Waals surface area contributed by atoms with Crippen molar-refractivity contribution in [1.82, 2.24) is 14.7 Å². The summed E-state index contributed by atoms with van der Waals surface area (Å²) in [6.07, 6.45) is 0. The van der Waals surface area contributed by atoms with E-state index in [1.165, 1.54) is 0 Å². The smallest absolute Gasteiger partial charge is 0.260 e. The van der Waals surface area contributed by atoms with Gasteiger partial charge in [0.05, 0.1) is 16.4 Å². The van der Waals surface area contributed by atoms with Gasteiger partial charge in [-0.25, -0.2) is 4.68 Å². The Balaban J connectivity index is 1.69. The number of halogens is 1. The van der Waals surface area contributed by atoms with Crippen LogP contribution in [0.3, 0.4) is 0 Å². The highest BCUT2D eigenvalue weighted by Crippen LogP contribution is 2.25. The molecule has 2 aromatic carbocycles. The molecule has 6 heteroatoms. The van der Waals surface area contributed by atoms with E-state index in [1.54, 1.807) is 18.0 Å². The van der Waals surface area contributed by atoms with Crippen molar-refractivity contribution in [2.45, 2.75) is 27.3 Å². The maximum atomic E-state index is 12.5. The van der Waals surface area contributed by atoms with Crippen LogP contribution in [0.4, 0.5) is 0 Å². The first kappa shape index (κ1) is 20.0. The van der Waals surface area contributed by atoms with Crippen molar-refractivity contribution < 1.29 is 9.53 Å². The molecule has 5 nitrogen and oxygen atoms in total. The van der Waals surface area contributed by atoms with Gasteiger partial charge in [-0.3, -0.25) is 4.79 Å². The summed E-state index contributed by atoms with van der Waals surface area (Å²) in [6.45, 7) is 6.33. The number of amides is 1. The molecule has 146 valence electrons. The number of benzene rings is 2. The zero-order valence-corrected chi connectivity index (χ0v) is 17.3. The molecule has 0 saturated carbocycles. The first-order valence-electron chi connectivity index (χ1n) is 9.10. The van der Waals surface area contributed by atoms with E-state index in [1.807, 2.05) is 67.9 Å². The molecule has 1 amide bonds. The average molecular weight is 398 g/mol. The molecule has 0 bridgehead atoms. The Morgan fingerprint density at radius 1 is 1.14 bits per heavy atom. The number of ether oxygens (including phenoxy) is 1. The molecule has 3 aromatic rings. The van der Waals surface area contributed by atoms with Gasteiger partial charge in [-0.15, -0.1) is 0 Å². The van der Waals surface area contributed by atoms with Crippen molar-refractivity contribution in [2.75, 3.05) is 13.7 Å². The van der Waals surface area contributed by atoms with Gasteiger partial charge in [0.25, 0.3) is 5.91 Å². The second-order valence-electron chi connectivity index (χ2n) is 6.87. The molecule has 0 radical (unpaired) electrons. The van der Waals surface area contributed by atoms with Crippen LogP contribution in [0.2, 0.25) is 5.02 Å². The molecule has 0 N–H and O–H groups in total. The zero-order valence-electron chi connectivity index (χ0n) is 16.6. The van der Waals surface area contributed by atoms with Crippen molar-refractivity contribution >= 4 is 17.5 Å². The van der Waals surface area contributed by atoms with Crippen molar-refractivity contribution in [3.8, 4) is 11.4 Å². The van der Waals surface area contributed by atoms with Gasteiger partial charge in [0.1, 0.15) is 5.75 Å². The van der Waals surface area contributed by atoms with E-state index in [0.717, 1.165) is 28.2 Å². The molecule has 1 aromatic heterocycles. The van der Waals surface area contributed by atoms with Gasteiger partial charge in [0, 0.05) is 24.8 Å². The van der Waals surface area contributed by atoms with E-state index in [4.69, 9.17) is 16.3 Å². The van der Waals surface area contributed by atoms with Crippen LogP contribution < -0.4 is 4.74 Å². The van der Waals surface area contributed by atoms with Crippen LogP contribution in [0.15, 0.2) is 48.5 Å².